The van der Waals surface area contributed by atoms with E-state index in [0.717, 1.165) is 0 Å². The zero-order valence-corrected chi connectivity index (χ0v) is 5.16. The van der Waals surface area contributed by atoms with Crippen molar-refractivity contribution in [1.29, 1.82) is 0 Å². The fourth-order valence-electron chi connectivity index (χ4n) is 0.158. The third-order valence-corrected chi connectivity index (χ3v) is 1.84. The Bertz CT molecular complexity index is 65.2. The van der Waals surface area contributed by atoms with Crippen molar-refractivity contribution >= 4 is 0 Å². The van der Waals surface area contributed by atoms with Gasteiger partial charge in [0.25, 0.3) is 0 Å². The SMILES string of the molecule is C=[CH][Ni-3]([CH]=C)[CH]=C. The monoisotopic (exact) mass is 139 g/mol. The molecule has 0 nitrogen and oxygen atoms in total. The molecule has 0 radical (unpaired) electrons. The van der Waals surface area contributed by atoms with Crippen molar-refractivity contribution in [3.8, 4) is 0 Å². The summed E-state index contributed by atoms with van der Waals surface area (Å²) >= 11 is -0.0694. The number of hydrogen-bond donors (Lipinski definition) is 0. The van der Waals surface area contributed by atoms with Crippen LogP contribution in [0.5, 0.6) is 0 Å². The van der Waals surface area contributed by atoms with Crippen molar-refractivity contribution in [2.24, 2.45) is 0 Å². The minimum absolute atomic E-state index is 0.0694. The van der Waals surface area contributed by atoms with E-state index in [2.05, 4.69) is 19.7 Å². The predicted octanol–water partition coefficient (Wildman–Crippen LogP) is 2.04. The fraction of sp³-hybridized carbons (Fsp3) is 0. The third-order valence-electron chi connectivity index (χ3n) is 0.447. The first-order chi connectivity index (χ1) is 3.35. The molecule has 0 amide bonds. The van der Waals surface area contributed by atoms with Crippen LogP contribution in [0.2, 0.25) is 0 Å². The predicted molar refractivity (Wildman–Crippen MR) is 30.6 cm³/mol. The van der Waals surface area contributed by atoms with Gasteiger partial charge in [0.05, 0.1) is 0 Å². The molecule has 0 saturated carbocycles. The van der Waals surface area contributed by atoms with E-state index >= 15 is 0 Å². The quantitative estimate of drug-likeness (QED) is 0.526. The summed E-state index contributed by atoms with van der Waals surface area (Å²) in [6.07, 6.45) is 0. The number of rotatable bonds is 3. The molecule has 0 aromatic rings. The van der Waals surface area contributed by atoms with Crippen molar-refractivity contribution in [2.75, 3.05) is 0 Å². The summed E-state index contributed by atoms with van der Waals surface area (Å²) in [4.78, 5) is 0. The normalized spacial score (nSPS) is 9.43. The van der Waals surface area contributed by atoms with E-state index < -0.39 is 0 Å². The van der Waals surface area contributed by atoms with Gasteiger partial charge < -0.3 is 0 Å². The summed E-state index contributed by atoms with van der Waals surface area (Å²) in [5, 5.41) is 5.50. The Labute approximate surface area is 48.9 Å². The average Bonchev–Trinajstić information content (AvgIpc) is 1.72. The Kier molecular flexibility index (Phi) is 3.73. The Morgan fingerprint density at radius 3 is 1.14 bits per heavy atom. The molecule has 0 aliphatic rings. The van der Waals surface area contributed by atoms with Gasteiger partial charge in [-0.1, -0.05) is 0 Å². The van der Waals surface area contributed by atoms with Crippen molar-refractivity contribution in [3.63, 3.8) is 0 Å². The van der Waals surface area contributed by atoms with Crippen molar-refractivity contribution in [1.82, 2.24) is 0 Å². The molecule has 0 aliphatic carbocycles. The van der Waals surface area contributed by atoms with E-state index in [-0.39, 0.29) is 13.4 Å². The molecule has 1 heteroatoms. The molecular formula is C6H9Ni-3. The van der Waals surface area contributed by atoms with Crippen LogP contribution in [0, 0.1) is 0 Å². The van der Waals surface area contributed by atoms with Crippen LogP contribution in [-0.2, 0) is 13.4 Å². The standard InChI is InChI=1S/3C2H3.Ni/c3*1-2;/h3*1H,2H2;/q;;;-3. The van der Waals surface area contributed by atoms with Gasteiger partial charge in [0.2, 0.25) is 0 Å². The van der Waals surface area contributed by atoms with Crippen LogP contribution >= 0.6 is 0 Å². The van der Waals surface area contributed by atoms with Crippen LogP contribution in [-0.4, -0.2) is 0 Å². The van der Waals surface area contributed by atoms with Gasteiger partial charge in [-0.25, -0.2) is 0 Å². The molecule has 0 bridgehead atoms. The molecule has 46 valence electrons. The van der Waals surface area contributed by atoms with Crippen molar-refractivity contribution in [3.05, 3.63) is 34.9 Å². The first kappa shape index (κ1) is 6.71. The second-order valence-corrected chi connectivity index (χ2v) is 2.90. The van der Waals surface area contributed by atoms with Crippen LogP contribution in [0.3, 0.4) is 0 Å². The van der Waals surface area contributed by atoms with Crippen LogP contribution in [0.1, 0.15) is 0 Å². The second kappa shape index (κ2) is 3.89. The van der Waals surface area contributed by atoms with E-state index in [1.165, 1.54) is 0 Å². The summed E-state index contributed by atoms with van der Waals surface area (Å²) in [5.41, 5.74) is 0. The topological polar surface area (TPSA) is 0 Å². The maximum absolute atomic E-state index is 3.58. The molecule has 0 aromatic carbocycles. The van der Waals surface area contributed by atoms with E-state index in [4.69, 9.17) is 0 Å². The number of hydrogen-bond acceptors (Lipinski definition) is 0. The minimum atomic E-state index is -0.0694. The van der Waals surface area contributed by atoms with E-state index in [9.17, 15) is 0 Å². The summed E-state index contributed by atoms with van der Waals surface area (Å²) < 4.78 is 0. The van der Waals surface area contributed by atoms with Crippen LogP contribution < -0.4 is 0 Å². The summed E-state index contributed by atoms with van der Waals surface area (Å²) in [7, 11) is 0. The molecule has 0 heterocycles. The summed E-state index contributed by atoms with van der Waals surface area (Å²) in [6, 6.07) is 0. The summed E-state index contributed by atoms with van der Waals surface area (Å²) in [5.74, 6) is 0. The molecule has 0 spiro atoms. The average molecular weight is 140 g/mol. The van der Waals surface area contributed by atoms with Gasteiger partial charge >= 0.3 is 48.3 Å². The van der Waals surface area contributed by atoms with Gasteiger partial charge in [0.15, 0.2) is 0 Å². The third kappa shape index (κ3) is 2.41. The Morgan fingerprint density at radius 1 is 0.857 bits per heavy atom. The molecule has 0 saturated heterocycles. The van der Waals surface area contributed by atoms with Crippen molar-refractivity contribution < 1.29 is 13.4 Å². The van der Waals surface area contributed by atoms with E-state index in [1.54, 1.807) is 0 Å². The van der Waals surface area contributed by atoms with Gasteiger partial charge in [-0.05, 0) is 0 Å². The van der Waals surface area contributed by atoms with E-state index in [1.807, 2.05) is 15.1 Å². The van der Waals surface area contributed by atoms with Gasteiger partial charge in [-0.3, -0.25) is 0 Å². The molecular weight excluding hydrogens is 131 g/mol. The molecule has 0 atom stereocenters. The molecule has 0 fully saturated rings. The molecule has 0 unspecified atom stereocenters. The van der Waals surface area contributed by atoms with Crippen LogP contribution in [0.25, 0.3) is 0 Å². The summed E-state index contributed by atoms with van der Waals surface area (Å²) in [6.45, 7) is 10.7. The van der Waals surface area contributed by atoms with Crippen molar-refractivity contribution in [2.45, 2.75) is 0 Å². The Morgan fingerprint density at radius 2 is 1.14 bits per heavy atom. The second-order valence-electron chi connectivity index (χ2n) is 0.704. The first-order valence-electron chi connectivity index (χ1n) is 1.77. The maximum atomic E-state index is 3.58. The van der Waals surface area contributed by atoms with Gasteiger partial charge in [-0.15, -0.1) is 0 Å². The van der Waals surface area contributed by atoms with Crippen LogP contribution in [0.15, 0.2) is 34.9 Å². The Hall–Kier alpha value is -0.286. The molecule has 0 N–H and O–H groups in total. The van der Waals surface area contributed by atoms with Gasteiger partial charge in [0, 0.05) is 0 Å². The zero-order chi connectivity index (χ0) is 5.70. The Balaban J connectivity index is 3.57. The fourth-order valence-corrected chi connectivity index (χ4v) is 0.652. The zero-order valence-electron chi connectivity index (χ0n) is 4.17. The molecule has 7 heavy (non-hydrogen) atoms. The van der Waals surface area contributed by atoms with Gasteiger partial charge in [0.1, 0.15) is 0 Å². The molecule has 0 aliphatic heterocycles. The molecule has 0 rings (SSSR count). The van der Waals surface area contributed by atoms with Gasteiger partial charge in [-0.2, -0.15) is 0 Å². The molecule has 0 aromatic heterocycles. The van der Waals surface area contributed by atoms with Crippen LogP contribution in [0.4, 0.5) is 0 Å². The van der Waals surface area contributed by atoms with E-state index in [0.29, 0.717) is 0 Å². The first-order valence-corrected chi connectivity index (χ1v) is 3.48.